The molecule has 0 atom stereocenters. The van der Waals surface area contributed by atoms with Crippen LogP contribution in [0.2, 0.25) is 0 Å². The summed E-state index contributed by atoms with van der Waals surface area (Å²) in [6, 6.07) is 0. The Morgan fingerprint density at radius 3 is 2.89 bits per heavy atom. The molecule has 1 fully saturated rings. The zero-order valence-electron chi connectivity index (χ0n) is 10.2. The van der Waals surface area contributed by atoms with Gasteiger partial charge in [0.25, 0.3) is 0 Å². The molecule has 5 nitrogen and oxygen atoms in total. The van der Waals surface area contributed by atoms with Crippen molar-refractivity contribution in [1.29, 1.82) is 0 Å². The third-order valence-electron chi connectivity index (χ3n) is 3.77. The molecule has 1 aromatic rings. The molecule has 0 N–H and O–H groups in total. The summed E-state index contributed by atoms with van der Waals surface area (Å²) >= 11 is 3.49. The van der Waals surface area contributed by atoms with E-state index in [9.17, 15) is 4.79 Å². The first-order valence-electron chi connectivity index (χ1n) is 6.10. The van der Waals surface area contributed by atoms with Crippen molar-refractivity contribution < 1.29 is 14.3 Å². The average molecular weight is 315 g/mol. The summed E-state index contributed by atoms with van der Waals surface area (Å²) in [4.78, 5) is 16.6. The summed E-state index contributed by atoms with van der Waals surface area (Å²) in [7, 11) is 1.41. The van der Waals surface area contributed by atoms with Crippen molar-refractivity contribution in [2.45, 2.75) is 31.2 Å². The number of ether oxygens (including phenoxy) is 2. The van der Waals surface area contributed by atoms with Gasteiger partial charge in [0.05, 0.1) is 26.0 Å². The molecule has 0 radical (unpaired) electrons. The van der Waals surface area contributed by atoms with E-state index in [-0.39, 0.29) is 5.97 Å². The van der Waals surface area contributed by atoms with Gasteiger partial charge in [0, 0.05) is 6.54 Å². The fourth-order valence-electron chi connectivity index (χ4n) is 2.70. The normalized spacial score (nSPS) is 21.0. The molecule has 2 aliphatic heterocycles. The summed E-state index contributed by atoms with van der Waals surface area (Å²) in [5.74, 6) is 0.543. The standard InChI is InChI=1S/C12H15BrN2O3/c1-17-11(16)12(6-18-7-12)10-14-9(13)8-4-2-3-5-15(8)10/h2-7H2,1H3. The van der Waals surface area contributed by atoms with Gasteiger partial charge in [-0.15, -0.1) is 0 Å². The highest BCUT2D eigenvalue weighted by Gasteiger charge is 2.53. The molecule has 0 spiro atoms. The third kappa shape index (κ3) is 1.55. The maximum atomic E-state index is 12.0. The number of carbonyl (C=O) groups excluding carboxylic acids is 1. The number of fused-ring (bicyclic) bond motifs is 1. The zero-order valence-corrected chi connectivity index (χ0v) is 11.8. The second-order valence-electron chi connectivity index (χ2n) is 4.85. The number of esters is 1. The van der Waals surface area contributed by atoms with E-state index < -0.39 is 5.41 Å². The number of rotatable bonds is 2. The van der Waals surface area contributed by atoms with Gasteiger partial charge < -0.3 is 14.0 Å². The topological polar surface area (TPSA) is 53.3 Å². The Balaban J connectivity index is 2.08. The Hall–Kier alpha value is -0.880. The first-order chi connectivity index (χ1) is 8.69. The van der Waals surface area contributed by atoms with E-state index in [1.54, 1.807) is 0 Å². The highest BCUT2D eigenvalue weighted by atomic mass is 79.9. The smallest absolute Gasteiger partial charge is 0.324 e. The molecule has 1 aromatic heterocycles. The fourth-order valence-corrected chi connectivity index (χ4v) is 3.28. The molecule has 0 unspecified atom stereocenters. The largest absolute Gasteiger partial charge is 0.468 e. The van der Waals surface area contributed by atoms with Crippen LogP contribution in [-0.2, 0) is 32.6 Å². The van der Waals surface area contributed by atoms with Crippen LogP contribution >= 0.6 is 15.9 Å². The lowest BCUT2D eigenvalue weighted by Gasteiger charge is -2.38. The second kappa shape index (κ2) is 4.35. The summed E-state index contributed by atoms with van der Waals surface area (Å²) in [5, 5.41) is 0. The van der Waals surface area contributed by atoms with Gasteiger partial charge >= 0.3 is 5.97 Å². The number of halogens is 1. The van der Waals surface area contributed by atoms with Crippen molar-refractivity contribution in [2.24, 2.45) is 0 Å². The lowest BCUT2D eigenvalue weighted by atomic mass is 9.84. The van der Waals surface area contributed by atoms with Crippen LogP contribution < -0.4 is 0 Å². The summed E-state index contributed by atoms with van der Waals surface area (Å²) < 4.78 is 13.2. The quantitative estimate of drug-likeness (QED) is 0.775. The van der Waals surface area contributed by atoms with Gasteiger partial charge in [-0.25, -0.2) is 4.98 Å². The molecule has 0 amide bonds. The second-order valence-corrected chi connectivity index (χ2v) is 5.60. The van der Waals surface area contributed by atoms with Gasteiger partial charge in [-0.3, -0.25) is 4.79 Å². The summed E-state index contributed by atoms with van der Waals surface area (Å²) in [5.41, 5.74) is 0.485. The molecule has 0 aliphatic carbocycles. The van der Waals surface area contributed by atoms with Gasteiger partial charge in [0.1, 0.15) is 10.4 Å². The molecule has 0 bridgehead atoms. The first kappa shape index (κ1) is 12.2. The van der Waals surface area contributed by atoms with Crippen molar-refractivity contribution >= 4 is 21.9 Å². The van der Waals surface area contributed by atoms with Crippen molar-refractivity contribution in [1.82, 2.24) is 9.55 Å². The highest BCUT2D eigenvalue weighted by Crippen LogP contribution is 2.37. The Kier molecular flexibility index (Phi) is 2.94. The highest BCUT2D eigenvalue weighted by molar-refractivity contribution is 9.10. The number of imidazole rings is 1. The molecule has 3 heterocycles. The Bertz CT molecular complexity index is 494. The molecular formula is C12H15BrN2O3. The molecule has 0 saturated carbocycles. The number of hydrogen-bond donors (Lipinski definition) is 0. The Morgan fingerprint density at radius 2 is 2.28 bits per heavy atom. The predicted molar refractivity (Wildman–Crippen MR) is 67.4 cm³/mol. The summed E-state index contributed by atoms with van der Waals surface area (Å²) in [6.45, 7) is 1.65. The number of methoxy groups -OCH3 is 1. The molecule has 2 aliphatic rings. The van der Waals surface area contributed by atoms with Crippen molar-refractivity contribution in [2.75, 3.05) is 20.3 Å². The van der Waals surface area contributed by atoms with Gasteiger partial charge in [-0.2, -0.15) is 0 Å². The zero-order chi connectivity index (χ0) is 12.8. The molecule has 3 rings (SSSR count). The minimum absolute atomic E-state index is 0.250. The van der Waals surface area contributed by atoms with Crippen LogP contribution in [0.3, 0.4) is 0 Å². The molecule has 0 aromatic carbocycles. The van der Waals surface area contributed by atoms with Gasteiger partial charge in [-0.05, 0) is 35.2 Å². The monoisotopic (exact) mass is 314 g/mol. The van der Waals surface area contributed by atoms with E-state index >= 15 is 0 Å². The average Bonchev–Trinajstić information content (AvgIpc) is 2.67. The van der Waals surface area contributed by atoms with Crippen LogP contribution in [-0.4, -0.2) is 35.8 Å². The third-order valence-corrected chi connectivity index (χ3v) is 4.41. The maximum Gasteiger partial charge on any atom is 0.324 e. The van der Waals surface area contributed by atoms with E-state index in [2.05, 4.69) is 25.5 Å². The van der Waals surface area contributed by atoms with Gasteiger partial charge in [-0.1, -0.05) is 0 Å². The van der Waals surface area contributed by atoms with E-state index in [4.69, 9.17) is 9.47 Å². The van der Waals surface area contributed by atoms with Crippen LogP contribution in [0.4, 0.5) is 0 Å². The fraction of sp³-hybridized carbons (Fsp3) is 0.667. The van der Waals surface area contributed by atoms with E-state index in [0.717, 1.165) is 29.8 Å². The Morgan fingerprint density at radius 1 is 1.50 bits per heavy atom. The SMILES string of the molecule is COC(=O)C1(c2nc(Br)c3n2CCCC3)COC1. The lowest BCUT2D eigenvalue weighted by Crippen LogP contribution is -2.55. The summed E-state index contributed by atoms with van der Waals surface area (Å²) in [6.07, 6.45) is 3.30. The van der Waals surface area contributed by atoms with Crippen molar-refractivity contribution in [3.63, 3.8) is 0 Å². The first-order valence-corrected chi connectivity index (χ1v) is 6.90. The number of hydrogen-bond acceptors (Lipinski definition) is 4. The number of nitrogens with zero attached hydrogens (tertiary/aromatic N) is 2. The van der Waals surface area contributed by atoms with E-state index in [1.165, 1.54) is 19.2 Å². The van der Waals surface area contributed by atoms with Crippen LogP contribution in [0, 0.1) is 0 Å². The Labute approximate surface area is 114 Å². The van der Waals surface area contributed by atoms with Crippen LogP contribution in [0.25, 0.3) is 0 Å². The molecule has 1 saturated heterocycles. The maximum absolute atomic E-state index is 12.0. The van der Waals surface area contributed by atoms with Gasteiger partial charge in [0.2, 0.25) is 0 Å². The minimum Gasteiger partial charge on any atom is -0.468 e. The molecule has 6 heteroatoms. The molecule has 98 valence electrons. The van der Waals surface area contributed by atoms with Crippen LogP contribution in [0.15, 0.2) is 4.60 Å². The molecule has 18 heavy (non-hydrogen) atoms. The van der Waals surface area contributed by atoms with Gasteiger partial charge in [0.15, 0.2) is 5.41 Å². The van der Waals surface area contributed by atoms with Crippen molar-refractivity contribution in [3.8, 4) is 0 Å². The predicted octanol–water partition coefficient (Wildman–Crippen LogP) is 1.42. The number of carbonyl (C=O) groups is 1. The van der Waals surface area contributed by atoms with E-state index in [1.807, 2.05) is 0 Å². The van der Waals surface area contributed by atoms with E-state index in [0.29, 0.717) is 13.2 Å². The number of aromatic nitrogens is 2. The van der Waals surface area contributed by atoms with Crippen LogP contribution in [0.1, 0.15) is 24.4 Å². The lowest BCUT2D eigenvalue weighted by molar-refractivity contribution is -0.168. The van der Waals surface area contributed by atoms with Crippen LogP contribution in [0.5, 0.6) is 0 Å². The van der Waals surface area contributed by atoms with Crippen molar-refractivity contribution in [3.05, 3.63) is 16.1 Å². The molecular weight excluding hydrogens is 300 g/mol. The minimum atomic E-state index is -0.702.